The van der Waals surface area contributed by atoms with Gasteiger partial charge in [-0.1, -0.05) is 12.1 Å². The molecule has 0 unspecified atom stereocenters. The normalized spacial score (nSPS) is 11.2. The number of hydrogen-bond donors (Lipinski definition) is 1. The molecule has 0 bridgehead atoms. The molecule has 2 rings (SSSR count). The molecule has 0 aliphatic carbocycles. The smallest absolute Gasteiger partial charge is 0.240 e. The van der Waals surface area contributed by atoms with Gasteiger partial charge in [0.05, 0.1) is 18.3 Å². The van der Waals surface area contributed by atoms with E-state index in [1.165, 1.54) is 0 Å². The summed E-state index contributed by atoms with van der Waals surface area (Å²) in [6.07, 6.45) is 7.06. The Balaban J connectivity index is 1.92. The SMILES string of the molecule is CS(=O)(=O)N(CC(=O)NCCCn1ccnc1)c1ccccc1Br. The Kier molecular flexibility index (Phi) is 6.38. The van der Waals surface area contributed by atoms with Gasteiger partial charge in [0.25, 0.3) is 0 Å². The Morgan fingerprint density at radius 3 is 2.75 bits per heavy atom. The van der Waals surface area contributed by atoms with Crippen molar-refractivity contribution in [2.75, 3.05) is 23.7 Å². The molecule has 130 valence electrons. The van der Waals surface area contributed by atoms with Crippen LogP contribution in [-0.4, -0.2) is 43.2 Å². The lowest BCUT2D eigenvalue weighted by Crippen LogP contribution is -2.40. The van der Waals surface area contributed by atoms with E-state index in [2.05, 4.69) is 26.2 Å². The summed E-state index contributed by atoms with van der Waals surface area (Å²) in [5, 5.41) is 2.74. The summed E-state index contributed by atoms with van der Waals surface area (Å²) in [5.41, 5.74) is 0.438. The molecule has 0 spiro atoms. The average molecular weight is 415 g/mol. The number of hydrogen-bond acceptors (Lipinski definition) is 4. The molecule has 1 N–H and O–H groups in total. The summed E-state index contributed by atoms with van der Waals surface area (Å²) in [4.78, 5) is 16.0. The minimum absolute atomic E-state index is 0.257. The summed E-state index contributed by atoms with van der Waals surface area (Å²) in [6.45, 7) is 0.942. The number of imidazole rings is 1. The number of sulfonamides is 1. The topological polar surface area (TPSA) is 84.3 Å². The molecule has 1 heterocycles. The van der Waals surface area contributed by atoms with E-state index in [-0.39, 0.29) is 12.5 Å². The van der Waals surface area contributed by atoms with Crippen LogP contribution in [0.5, 0.6) is 0 Å². The van der Waals surface area contributed by atoms with Crippen LogP contribution in [-0.2, 0) is 21.4 Å². The number of nitrogens with zero attached hydrogens (tertiary/aromatic N) is 3. The Labute approximate surface area is 149 Å². The molecule has 0 atom stereocenters. The number of carbonyl (C=O) groups is 1. The van der Waals surface area contributed by atoms with Crippen LogP contribution in [0.4, 0.5) is 5.69 Å². The number of halogens is 1. The molecule has 24 heavy (non-hydrogen) atoms. The fraction of sp³-hybridized carbons (Fsp3) is 0.333. The summed E-state index contributed by atoms with van der Waals surface area (Å²) in [6, 6.07) is 6.89. The molecule has 1 aromatic heterocycles. The van der Waals surface area contributed by atoms with Crippen molar-refractivity contribution in [1.82, 2.24) is 14.9 Å². The Bertz CT molecular complexity index is 778. The van der Waals surface area contributed by atoms with Gasteiger partial charge in [-0.05, 0) is 34.5 Å². The first kappa shape index (κ1) is 18.5. The molecule has 1 amide bonds. The number of benzene rings is 1. The van der Waals surface area contributed by atoms with Gasteiger partial charge in [0.15, 0.2) is 0 Å². The molecule has 0 saturated heterocycles. The second-order valence-electron chi connectivity index (χ2n) is 5.23. The van der Waals surface area contributed by atoms with Crippen LogP contribution in [0.1, 0.15) is 6.42 Å². The highest BCUT2D eigenvalue weighted by Gasteiger charge is 2.22. The van der Waals surface area contributed by atoms with Gasteiger partial charge in [-0.25, -0.2) is 13.4 Å². The molecule has 0 fully saturated rings. The van der Waals surface area contributed by atoms with Crippen molar-refractivity contribution in [3.8, 4) is 0 Å². The van der Waals surface area contributed by atoms with Gasteiger partial charge < -0.3 is 9.88 Å². The first-order valence-corrected chi connectivity index (χ1v) is 9.97. The number of anilines is 1. The predicted molar refractivity (Wildman–Crippen MR) is 96.2 cm³/mol. The number of aryl methyl sites for hydroxylation is 1. The van der Waals surface area contributed by atoms with Crippen LogP contribution in [0.3, 0.4) is 0 Å². The van der Waals surface area contributed by atoms with E-state index in [0.717, 1.165) is 23.5 Å². The van der Waals surface area contributed by atoms with Crippen LogP contribution in [0.25, 0.3) is 0 Å². The third kappa shape index (κ3) is 5.34. The third-order valence-electron chi connectivity index (χ3n) is 3.28. The quantitative estimate of drug-likeness (QED) is 0.665. The second kappa shape index (κ2) is 8.29. The van der Waals surface area contributed by atoms with E-state index in [0.29, 0.717) is 16.7 Å². The number of amides is 1. The standard InChI is InChI=1S/C15H19BrN4O3S/c1-24(22,23)20(14-6-3-2-5-13(14)16)11-15(21)18-7-4-9-19-10-8-17-12-19/h2-3,5-6,8,10,12H,4,7,9,11H2,1H3,(H,18,21). The molecule has 0 aliphatic heterocycles. The van der Waals surface area contributed by atoms with Crippen molar-refractivity contribution in [2.24, 2.45) is 0 Å². The molecule has 0 saturated carbocycles. The zero-order valence-electron chi connectivity index (χ0n) is 13.2. The molecular weight excluding hydrogens is 396 g/mol. The van der Waals surface area contributed by atoms with Gasteiger partial charge in [0.1, 0.15) is 6.54 Å². The first-order chi connectivity index (χ1) is 11.4. The van der Waals surface area contributed by atoms with Crippen LogP contribution in [0.15, 0.2) is 47.5 Å². The van der Waals surface area contributed by atoms with Crippen molar-refractivity contribution in [3.63, 3.8) is 0 Å². The van der Waals surface area contributed by atoms with E-state index in [4.69, 9.17) is 0 Å². The Morgan fingerprint density at radius 1 is 1.38 bits per heavy atom. The lowest BCUT2D eigenvalue weighted by atomic mass is 10.3. The fourth-order valence-electron chi connectivity index (χ4n) is 2.13. The first-order valence-electron chi connectivity index (χ1n) is 7.32. The van der Waals surface area contributed by atoms with Gasteiger partial charge in [0.2, 0.25) is 15.9 Å². The molecule has 1 aromatic carbocycles. The summed E-state index contributed by atoms with van der Waals surface area (Å²) in [5.74, 6) is -0.346. The van der Waals surface area contributed by atoms with E-state index in [1.807, 2.05) is 10.8 Å². The third-order valence-corrected chi connectivity index (χ3v) is 5.08. The number of carbonyl (C=O) groups excluding carboxylic acids is 1. The highest BCUT2D eigenvalue weighted by molar-refractivity contribution is 9.10. The maximum Gasteiger partial charge on any atom is 0.240 e. The minimum atomic E-state index is -3.57. The van der Waals surface area contributed by atoms with Gasteiger partial charge in [-0.3, -0.25) is 9.10 Å². The predicted octanol–water partition coefficient (Wildman–Crippen LogP) is 1.62. The van der Waals surface area contributed by atoms with Crippen molar-refractivity contribution in [2.45, 2.75) is 13.0 Å². The maximum absolute atomic E-state index is 12.1. The minimum Gasteiger partial charge on any atom is -0.354 e. The summed E-state index contributed by atoms with van der Waals surface area (Å²) < 4.78 is 27.7. The Morgan fingerprint density at radius 2 is 2.12 bits per heavy atom. The maximum atomic E-state index is 12.1. The largest absolute Gasteiger partial charge is 0.354 e. The number of aromatic nitrogens is 2. The molecule has 7 nitrogen and oxygen atoms in total. The highest BCUT2D eigenvalue weighted by atomic mass is 79.9. The van der Waals surface area contributed by atoms with Gasteiger partial charge in [-0.15, -0.1) is 0 Å². The number of nitrogens with one attached hydrogen (secondary N) is 1. The zero-order chi connectivity index (χ0) is 17.6. The summed E-state index contributed by atoms with van der Waals surface area (Å²) >= 11 is 3.32. The highest BCUT2D eigenvalue weighted by Crippen LogP contribution is 2.27. The molecular formula is C15H19BrN4O3S. The van der Waals surface area contributed by atoms with Gasteiger partial charge in [0, 0.05) is 30.0 Å². The van der Waals surface area contributed by atoms with Crippen LogP contribution < -0.4 is 9.62 Å². The average Bonchev–Trinajstić information content (AvgIpc) is 3.02. The Hall–Kier alpha value is -1.87. The van der Waals surface area contributed by atoms with Gasteiger partial charge in [-0.2, -0.15) is 0 Å². The molecule has 9 heteroatoms. The molecule has 0 radical (unpaired) electrons. The fourth-order valence-corrected chi connectivity index (χ4v) is 3.61. The number of para-hydroxylation sites is 1. The van der Waals surface area contributed by atoms with Crippen LogP contribution in [0, 0.1) is 0 Å². The van der Waals surface area contributed by atoms with E-state index < -0.39 is 10.0 Å². The van der Waals surface area contributed by atoms with Crippen molar-refractivity contribution in [1.29, 1.82) is 0 Å². The summed E-state index contributed by atoms with van der Waals surface area (Å²) in [7, 11) is -3.57. The van der Waals surface area contributed by atoms with E-state index in [9.17, 15) is 13.2 Å². The van der Waals surface area contributed by atoms with Crippen molar-refractivity contribution < 1.29 is 13.2 Å². The lowest BCUT2D eigenvalue weighted by molar-refractivity contribution is -0.119. The van der Waals surface area contributed by atoms with E-state index >= 15 is 0 Å². The van der Waals surface area contributed by atoms with Crippen molar-refractivity contribution in [3.05, 3.63) is 47.5 Å². The van der Waals surface area contributed by atoms with E-state index in [1.54, 1.807) is 36.8 Å². The number of rotatable bonds is 8. The zero-order valence-corrected chi connectivity index (χ0v) is 15.6. The monoisotopic (exact) mass is 414 g/mol. The van der Waals surface area contributed by atoms with Crippen molar-refractivity contribution >= 4 is 37.5 Å². The van der Waals surface area contributed by atoms with Crippen LogP contribution >= 0.6 is 15.9 Å². The molecule has 2 aromatic rings. The van der Waals surface area contributed by atoms with Crippen LogP contribution in [0.2, 0.25) is 0 Å². The van der Waals surface area contributed by atoms with Gasteiger partial charge >= 0.3 is 0 Å². The lowest BCUT2D eigenvalue weighted by Gasteiger charge is -2.23. The second-order valence-corrected chi connectivity index (χ2v) is 7.99. The molecule has 0 aliphatic rings.